The smallest absolute Gasteiger partial charge is 0.0509 e. The molecule has 2 fully saturated rings. The van der Waals surface area contributed by atoms with E-state index in [9.17, 15) is 0 Å². The molecule has 3 heteroatoms. The predicted octanol–water partition coefficient (Wildman–Crippen LogP) is 1.09. The lowest BCUT2D eigenvalue weighted by atomic mass is 9.96. The van der Waals surface area contributed by atoms with Gasteiger partial charge in [0.1, 0.15) is 0 Å². The second kappa shape index (κ2) is 4.81. The molecule has 3 nitrogen and oxygen atoms in total. The number of ether oxygens (including phenoxy) is 1. The van der Waals surface area contributed by atoms with Crippen molar-refractivity contribution in [1.29, 1.82) is 0 Å². The van der Waals surface area contributed by atoms with Crippen LogP contribution in [0.5, 0.6) is 0 Å². The van der Waals surface area contributed by atoms with Gasteiger partial charge in [0.15, 0.2) is 0 Å². The third kappa shape index (κ3) is 2.52. The summed E-state index contributed by atoms with van der Waals surface area (Å²) in [7, 11) is 0. The van der Waals surface area contributed by atoms with Crippen LogP contribution in [0, 0.1) is 5.92 Å². The number of piperazine rings is 1. The SMILES string of the molecule is CC1CN(C(C)C2CCOC2)C(C)CN1. The molecule has 88 valence electrons. The molecule has 2 rings (SSSR count). The van der Waals surface area contributed by atoms with Crippen molar-refractivity contribution < 1.29 is 4.74 Å². The maximum Gasteiger partial charge on any atom is 0.0509 e. The molecule has 0 aromatic heterocycles. The fourth-order valence-corrected chi connectivity index (χ4v) is 2.82. The Morgan fingerprint density at radius 3 is 2.87 bits per heavy atom. The molecule has 15 heavy (non-hydrogen) atoms. The van der Waals surface area contributed by atoms with E-state index in [1.807, 2.05) is 0 Å². The lowest BCUT2D eigenvalue weighted by molar-refractivity contribution is 0.0651. The Kier molecular flexibility index (Phi) is 3.65. The van der Waals surface area contributed by atoms with E-state index in [0.717, 1.165) is 25.7 Å². The molecule has 0 aromatic carbocycles. The van der Waals surface area contributed by atoms with Gasteiger partial charge in [-0.05, 0) is 33.1 Å². The van der Waals surface area contributed by atoms with Crippen LogP contribution in [0.3, 0.4) is 0 Å². The molecule has 0 aliphatic carbocycles. The lowest BCUT2D eigenvalue weighted by Crippen LogP contribution is -2.58. The summed E-state index contributed by atoms with van der Waals surface area (Å²) in [6, 6.07) is 1.97. The average molecular weight is 212 g/mol. The van der Waals surface area contributed by atoms with E-state index >= 15 is 0 Å². The first-order chi connectivity index (χ1) is 7.18. The molecule has 0 aromatic rings. The van der Waals surface area contributed by atoms with Gasteiger partial charge in [-0.25, -0.2) is 0 Å². The van der Waals surface area contributed by atoms with Crippen molar-refractivity contribution in [2.24, 2.45) is 5.92 Å². The van der Waals surface area contributed by atoms with Gasteiger partial charge in [0.05, 0.1) is 6.61 Å². The maximum absolute atomic E-state index is 5.49. The molecule has 2 aliphatic heterocycles. The Labute approximate surface area is 93.2 Å². The largest absolute Gasteiger partial charge is 0.381 e. The van der Waals surface area contributed by atoms with E-state index in [1.54, 1.807) is 0 Å². The summed E-state index contributed by atoms with van der Waals surface area (Å²) in [5, 5.41) is 3.53. The molecule has 0 amide bonds. The van der Waals surface area contributed by atoms with Crippen molar-refractivity contribution in [3.05, 3.63) is 0 Å². The maximum atomic E-state index is 5.49. The van der Waals surface area contributed by atoms with Crippen molar-refractivity contribution in [2.45, 2.75) is 45.3 Å². The highest BCUT2D eigenvalue weighted by atomic mass is 16.5. The van der Waals surface area contributed by atoms with Gasteiger partial charge in [0, 0.05) is 37.8 Å². The molecule has 2 saturated heterocycles. The first-order valence-electron chi connectivity index (χ1n) is 6.25. The first kappa shape index (κ1) is 11.4. The third-order valence-electron chi connectivity index (χ3n) is 3.98. The Hall–Kier alpha value is -0.120. The number of nitrogens with zero attached hydrogens (tertiary/aromatic N) is 1. The summed E-state index contributed by atoms with van der Waals surface area (Å²) in [5.41, 5.74) is 0. The van der Waals surface area contributed by atoms with Gasteiger partial charge in [0.25, 0.3) is 0 Å². The molecule has 0 spiro atoms. The second-order valence-corrected chi connectivity index (χ2v) is 5.22. The fraction of sp³-hybridized carbons (Fsp3) is 1.00. The van der Waals surface area contributed by atoms with Crippen LogP contribution < -0.4 is 5.32 Å². The zero-order valence-electron chi connectivity index (χ0n) is 10.2. The van der Waals surface area contributed by atoms with Crippen molar-refractivity contribution in [3.8, 4) is 0 Å². The molecule has 4 unspecified atom stereocenters. The molecule has 2 aliphatic rings. The quantitative estimate of drug-likeness (QED) is 0.741. The standard InChI is InChI=1S/C12H24N2O/c1-9-7-14(10(2)6-13-9)11(3)12-4-5-15-8-12/h9-13H,4-8H2,1-3H3. The van der Waals surface area contributed by atoms with Crippen LogP contribution in [0.4, 0.5) is 0 Å². The number of nitrogens with one attached hydrogen (secondary N) is 1. The predicted molar refractivity (Wildman–Crippen MR) is 62.0 cm³/mol. The topological polar surface area (TPSA) is 24.5 Å². The fourth-order valence-electron chi connectivity index (χ4n) is 2.82. The van der Waals surface area contributed by atoms with Crippen LogP contribution in [-0.4, -0.2) is 49.3 Å². The Balaban J connectivity index is 1.94. The minimum atomic E-state index is 0.631. The minimum Gasteiger partial charge on any atom is -0.381 e. The normalized spacial score (nSPS) is 40.6. The van der Waals surface area contributed by atoms with Crippen molar-refractivity contribution in [1.82, 2.24) is 10.2 Å². The second-order valence-electron chi connectivity index (χ2n) is 5.22. The van der Waals surface area contributed by atoms with Crippen molar-refractivity contribution in [3.63, 3.8) is 0 Å². The zero-order chi connectivity index (χ0) is 10.8. The molecule has 4 atom stereocenters. The van der Waals surface area contributed by atoms with E-state index < -0.39 is 0 Å². The number of rotatable bonds is 2. The van der Waals surface area contributed by atoms with Gasteiger partial charge >= 0.3 is 0 Å². The van der Waals surface area contributed by atoms with Crippen molar-refractivity contribution in [2.75, 3.05) is 26.3 Å². The van der Waals surface area contributed by atoms with Gasteiger partial charge in [-0.3, -0.25) is 4.90 Å². The summed E-state index contributed by atoms with van der Waals surface area (Å²) in [6.07, 6.45) is 1.24. The molecular formula is C12H24N2O. The molecular weight excluding hydrogens is 188 g/mol. The Bertz CT molecular complexity index is 204. The minimum absolute atomic E-state index is 0.631. The van der Waals surface area contributed by atoms with Gasteiger partial charge in [-0.2, -0.15) is 0 Å². The van der Waals surface area contributed by atoms with Crippen LogP contribution in [0.25, 0.3) is 0 Å². The Morgan fingerprint density at radius 1 is 1.40 bits per heavy atom. The van der Waals surface area contributed by atoms with E-state index in [1.165, 1.54) is 13.0 Å². The highest BCUT2D eigenvalue weighted by molar-refractivity contribution is 4.88. The van der Waals surface area contributed by atoms with Gasteiger partial charge in [-0.15, -0.1) is 0 Å². The molecule has 0 saturated carbocycles. The van der Waals surface area contributed by atoms with Gasteiger partial charge in [-0.1, -0.05) is 0 Å². The van der Waals surface area contributed by atoms with E-state index in [0.29, 0.717) is 18.1 Å². The highest BCUT2D eigenvalue weighted by Crippen LogP contribution is 2.23. The van der Waals surface area contributed by atoms with E-state index in [4.69, 9.17) is 4.74 Å². The van der Waals surface area contributed by atoms with Crippen LogP contribution in [-0.2, 0) is 4.74 Å². The molecule has 1 N–H and O–H groups in total. The monoisotopic (exact) mass is 212 g/mol. The van der Waals surface area contributed by atoms with Crippen LogP contribution in [0.1, 0.15) is 27.2 Å². The van der Waals surface area contributed by atoms with Crippen LogP contribution in [0.2, 0.25) is 0 Å². The summed E-state index contributed by atoms with van der Waals surface area (Å²) >= 11 is 0. The lowest BCUT2D eigenvalue weighted by Gasteiger charge is -2.43. The summed E-state index contributed by atoms with van der Waals surface area (Å²) < 4.78 is 5.49. The molecule has 0 bridgehead atoms. The average Bonchev–Trinajstić information content (AvgIpc) is 2.74. The summed E-state index contributed by atoms with van der Waals surface area (Å²) in [4.78, 5) is 2.65. The van der Waals surface area contributed by atoms with Gasteiger partial charge < -0.3 is 10.1 Å². The summed E-state index contributed by atoms with van der Waals surface area (Å²) in [6.45, 7) is 11.2. The van der Waals surface area contributed by atoms with Crippen LogP contribution >= 0.6 is 0 Å². The van der Waals surface area contributed by atoms with E-state index in [-0.39, 0.29) is 0 Å². The third-order valence-corrected chi connectivity index (χ3v) is 3.98. The van der Waals surface area contributed by atoms with Crippen molar-refractivity contribution >= 4 is 0 Å². The van der Waals surface area contributed by atoms with Crippen LogP contribution in [0.15, 0.2) is 0 Å². The number of hydrogen-bond donors (Lipinski definition) is 1. The highest BCUT2D eigenvalue weighted by Gasteiger charge is 2.32. The van der Waals surface area contributed by atoms with Gasteiger partial charge in [0.2, 0.25) is 0 Å². The zero-order valence-corrected chi connectivity index (χ0v) is 10.2. The molecule has 0 radical (unpaired) electrons. The van der Waals surface area contributed by atoms with E-state index in [2.05, 4.69) is 31.0 Å². The number of hydrogen-bond acceptors (Lipinski definition) is 3. The molecule has 2 heterocycles. The summed E-state index contributed by atoms with van der Waals surface area (Å²) in [5.74, 6) is 0.748. The Morgan fingerprint density at radius 2 is 2.20 bits per heavy atom. The first-order valence-corrected chi connectivity index (χ1v) is 6.25.